The zero-order chi connectivity index (χ0) is 13.3. The van der Waals surface area contributed by atoms with E-state index in [0.717, 1.165) is 12.6 Å². The van der Waals surface area contributed by atoms with Gasteiger partial charge in [0.1, 0.15) is 11.5 Å². The summed E-state index contributed by atoms with van der Waals surface area (Å²) in [6.07, 6.45) is 0. The SMILES string of the molecule is CC1CN(c2ccc(F)cc2[N+](=O)[O-])C(C)CN1. The van der Waals surface area contributed by atoms with Crippen molar-refractivity contribution in [1.82, 2.24) is 5.32 Å². The van der Waals surface area contributed by atoms with E-state index in [2.05, 4.69) is 5.32 Å². The summed E-state index contributed by atoms with van der Waals surface area (Å²) in [5, 5.41) is 14.3. The van der Waals surface area contributed by atoms with Crippen LogP contribution in [-0.4, -0.2) is 30.1 Å². The van der Waals surface area contributed by atoms with Crippen LogP contribution in [0.15, 0.2) is 18.2 Å². The van der Waals surface area contributed by atoms with E-state index in [0.29, 0.717) is 12.2 Å². The van der Waals surface area contributed by atoms with Gasteiger partial charge in [0, 0.05) is 25.2 Å². The van der Waals surface area contributed by atoms with E-state index in [-0.39, 0.29) is 17.8 Å². The number of nitrogens with one attached hydrogen (secondary N) is 1. The molecule has 1 aromatic carbocycles. The topological polar surface area (TPSA) is 58.4 Å². The van der Waals surface area contributed by atoms with Crippen LogP contribution in [0.1, 0.15) is 13.8 Å². The highest BCUT2D eigenvalue weighted by Gasteiger charge is 2.28. The van der Waals surface area contributed by atoms with Crippen LogP contribution in [0.3, 0.4) is 0 Å². The lowest BCUT2D eigenvalue weighted by atomic mass is 10.1. The molecule has 5 nitrogen and oxygen atoms in total. The molecule has 0 radical (unpaired) electrons. The number of rotatable bonds is 2. The molecule has 2 rings (SSSR count). The average molecular weight is 253 g/mol. The number of benzene rings is 1. The first-order valence-electron chi connectivity index (χ1n) is 5.93. The summed E-state index contributed by atoms with van der Waals surface area (Å²) in [5.41, 5.74) is 0.318. The molecule has 0 bridgehead atoms. The maximum absolute atomic E-state index is 13.1. The van der Waals surface area contributed by atoms with Gasteiger partial charge in [-0.3, -0.25) is 10.1 Å². The number of nitro benzene ring substituents is 1. The van der Waals surface area contributed by atoms with E-state index in [9.17, 15) is 14.5 Å². The largest absolute Gasteiger partial charge is 0.360 e. The standard InChI is InChI=1S/C12H16FN3O2/c1-8-7-15(9(2)6-14-8)11-4-3-10(13)5-12(11)16(17)18/h3-5,8-9,14H,6-7H2,1-2H3. The van der Waals surface area contributed by atoms with Gasteiger partial charge >= 0.3 is 0 Å². The summed E-state index contributed by atoms with van der Waals surface area (Å²) in [6, 6.07) is 4.13. The Morgan fingerprint density at radius 1 is 1.50 bits per heavy atom. The Morgan fingerprint density at radius 2 is 2.22 bits per heavy atom. The van der Waals surface area contributed by atoms with Gasteiger partial charge in [-0.2, -0.15) is 0 Å². The molecule has 6 heteroatoms. The number of halogens is 1. The van der Waals surface area contributed by atoms with Crippen molar-refractivity contribution in [1.29, 1.82) is 0 Å². The Balaban J connectivity index is 2.40. The molecule has 0 amide bonds. The van der Waals surface area contributed by atoms with Crippen LogP contribution in [-0.2, 0) is 0 Å². The third-order valence-corrected chi connectivity index (χ3v) is 3.21. The molecule has 0 aliphatic carbocycles. The highest BCUT2D eigenvalue weighted by atomic mass is 19.1. The molecule has 1 fully saturated rings. The molecule has 2 unspecified atom stereocenters. The van der Waals surface area contributed by atoms with Gasteiger partial charge in [0.15, 0.2) is 0 Å². The highest BCUT2D eigenvalue weighted by molar-refractivity contribution is 5.64. The number of hydrogen-bond donors (Lipinski definition) is 1. The Bertz CT molecular complexity index is 467. The zero-order valence-corrected chi connectivity index (χ0v) is 10.4. The van der Waals surface area contributed by atoms with Crippen LogP contribution >= 0.6 is 0 Å². The van der Waals surface area contributed by atoms with Gasteiger partial charge in [0.05, 0.1) is 11.0 Å². The third-order valence-electron chi connectivity index (χ3n) is 3.21. The van der Waals surface area contributed by atoms with Crippen molar-refractivity contribution in [2.24, 2.45) is 0 Å². The first-order valence-corrected chi connectivity index (χ1v) is 5.93. The van der Waals surface area contributed by atoms with Crippen LogP contribution in [0.2, 0.25) is 0 Å². The summed E-state index contributed by atoms with van der Waals surface area (Å²) in [4.78, 5) is 12.4. The average Bonchev–Trinajstić information content (AvgIpc) is 2.32. The van der Waals surface area contributed by atoms with Crippen LogP contribution in [0, 0.1) is 15.9 Å². The molecule has 1 aliphatic rings. The fourth-order valence-electron chi connectivity index (χ4n) is 2.24. The van der Waals surface area contributed by atoms with Crippen molar-refractivity contribution in [3.05, 3.63) is 34.1 Å². The minimum atomic E-state index is -0.582. The van der Waals surface area contributed by atoms with Crippen molar-refractivity contribution in [3.8, 4) is 0 Å². The molecule has 1 heterocycles. The third kappa shape index (κ3) is 2.43. The fraction of sp³-hybridized carbons (Fsp3) is 0.500. The van der Waals surface area contributed by atoms with Gasteiger partial charge < -0.3 is 10.2 Å². The van der Waals surface area contributed by atoms with Crippen molar-refractivity contribution in [2.75, 3.05) is 18.0 Å². The smallest absolute Gasteiger partial charge is 0.295 e. The Kier molecular flexibility index (Phi) is 3.47. The van der Waals surface area contributed by atoms with Gasteiger partial charge in [-0.15, -0.1) is 0 Å². The lowest BCUT2D eigenvalue weighted by Crippen LogP contribution is -2.54. The van der Waals surface area contributed by atoms with Crippen molar-refractivity contribution < 1.29 is 9.31 Å². The molecule has 0 saturated carbocycles. The second kappa shape index (κ2) is 4.89. The van der Waals surface area contributed by atoms with Gasteiger partial charge in [-0.05, 0) is 26.0 Å². The van der Waals surface area contributed by atoms with E-state index in [4.69, 9.17) is 0 Å². The summed E-state index contributed by atoms with van der Waals surface area (Å²) in [7, 11) is 0. The first-order chi connectivity index (χ1) is 8.49. The van der Waals surface area contributed by atoms with Gasteiger partial charge in [0.25, 0.3) is 5.69 Å². The number of nitrogens with zero attached hydrogens (tertiary/aromatic N) is 2. The van der Waals surface area contributed by atoms with Crippen molar-refractivity contribution in [3.63, 3.8) is 0 Å². The predicted molar refractivity (Wildman–Crippen MR) is 67.3 cm³/mol. The maximum Gasteiger partial charge on any atom is 0.295 e. The molecule has 0 aromatic heterocycles. The lowest BCUT2D eigenvalue weighted by Gasteiger charge is -2.38. The molecule has 1 aliphatic heterocycles. The minimum absolute atomic E-state index is 0.144. The van der Waals surface area contributed by atoms with Gasteiger partial charge in [-0.25, -0.2) is 4.39 Å². The molecule has 1 aromatic rings. The molecule has 2 atom stereocenters. The number of anilines is 1. The van der Waals surface area contributed by atoms with Gasteiger partial charge in [0.2, 0.25) is 0 Å². The first kappa shape index (κ1) is 12.8. The molecular formula is C12H16FN3O2. The normalized spacial score (nSPS) is 24.1. The van der Waals surface area contributed by atoms with E-state index in [1.54, 1.807) is 0 Å². The molecule has 98 valence electrons. The van der Waals surface area contributed by atoms with Crippen molar-refractivity contribution in [2.45, 2.75) is 25.9 Å². The van der Waals surface area contributed by atoms with E-state index >= 15 is 0 Å². The van der Waals surface area contributed by atoms with Crippen molar-refractivity contribution >= 4 is 11.4 Å². The molecule has 0 spiro atoms. The summed E-state index contributed by atoms with van der Waals surface area (Å²) >= 11 is 0. The molecule has 18 heavy (non-hydrogen) atoms. The fourth-order valence-corrected chi connectivity index (χ4v) is 2.24. The molecular weight excluding hydrogens is 237 g/mol. The molecule has 1 saturated heterocycles. The molecule has 1 N–H and O–H groups in total. The Morgan fingerprint density at radius 3 is 2.89 bits per heavy atom. The summed E-state index contributed by atoms with van der Waals surface area (Å²) in [5.74, 6) is -0.582. The minimum Gasteiger partial charge on any atom is -0.360 e. The van der Waals surface area contributed by atoms with E-state index < -0.39 is 10.7 Å². The van der Waals surface area contributed by atoms with E-state index in [1.807, 2.05) is 18.7 Å². The van der Waals surface area contributed by atoms with Crippen LogP contribution < -0.4 is 10.2 Å². The Hall–Kier alpha value is -1.69. The lowest BCUT2D eigenvalue weighted by molar-refractivity contribution is -0.384. The van der Waals surface area contributed by atoms with Crippen LogP contribution in [0.4, 0.5) is 15.8 Å². The van der Waals surface area contributed by atoms with Crippen LogP contribution in [0.5, 0.6) is 0 Å². The Labute approximate surface area is 105 Å². The quantitative estimate of drug-likeness (QED) is 0.646. The number of piperazine rings is 1. The van der Waals surface area contributed by atoms with Crippen LogP contribution in [0.25, 0.3) is 0 Å². The van der Waals surface area contributed by atoms with E-state index in [1.165, 1.54) is 12.1 Å². The number of hydrogen-bond acceptors (Lipinski definition) is 4. The predicted octanol–water partition coefficient (Wildman–Crippen LogP) is 1.92. The summed E-state index contributed by atoms with van der Waals surface area (Å²) in [6.45, 7) is 5.45. The zero-order valence-electron chi connectivity index (χ0n) is 10.4. The highest BCUT2D eigenvalue weighted by Crippen LogP contribution is 2.31. The number of nitro groups is 1. The summed E-state index contributed by atoms with van der Waals surface area (Å²) < 4.78 is 13.1. The second-order valence-electron chi connectivity index (χ2n) is 4.70. The van der Waals surface area contributed by atoms with Gasteiger partial charge in [-0.1, -0.05) is 0 Å². The second-order valence-corrected chi connectivity index (χ2v) is 4.70. The maximum atomic E-state index is 13.1. The monoisotopic (exact) mass is 253 g/mol.